The summed E-state index contributed by atoms with van der Waals surface area (Å²) < 4.78 is 33.9. The number of amides is 1. The van der Waals surface area contributed by atoms with E-state index < -0.39 is 33.7 Å². The van der Waals surface area contributed by atoms with E-state index in [4.69, 9.17) is 16.3 Å². The molecule has 4 aromatic rings. The maximum absolute atomic E-state index is 14.4. The molecule has 0 fully saturated rings. The van der Waals surface area contributed by atoms with Gasteiger partial charge in [-0.3, -0.25) is 14.9 Å². The van der Waals surface area contributed by atoms with Crippen LogP contribution in [-0.2, 0) is 0 Å². The standard InChI is InChI=1S/C25H21ClF2N6O4/c1-33(2)7-8-38-23-12-21-17(24(30-13-29-21)31-14-3-5-20(28)18(26)9-14)11-22(23)32-25(35)16-10-15(34(36)37)4-6-19(16)27/h3-6,9-13H,7-8H2,1-2H3,(H,32,35)(H,29,30,31). The number of carbonyl (C=O) groups excluding carboxylic acids is 1. The lowest BCUT2D eigenvalue weighted by molar-refractivity contribution is -0.384. The van der Waals surface area contributed by atoms with E-state index in [9.17, 15) is 23.7 Å². The zero-order valence-electron chi connectivity index (χ0n) is 20.2. The highest BCUT2D eigenvalue weighted by Gasteiger charge is 2.20. The minimum atomic E-state index is -0.928. The number of nitro benzene ring substituents is 1. The van der Waals surface area contributed by atoms with Crippen molar-refractivity contribution < 1.29 is 23.2 Å². The molecule has 13 heteroatoms. The molecule has 196 valence electrons. The second kappa shape index (κ2) is 11.3. The van der Waals surface area contributed by atoms with E-state index in [0.29, 0.717) is 29.0 Å². The maximum Gasteiger partial charge on any atom is 0.270 e. The van der Waals surface area contributed by atoms with Crippen LogP contribution in [0.3, 0.4) is 0 Å². The van der Waals surface area contributed by atoms with Crippen LogP contribution in [0.15, 0.2) is 54.9 Å². The fraction of sp³-hybridized carbons (Fsp3) is 0.160. The lowest BCUT2D eigenvalue weighted by Crippen LogP contribution is -2.20. The van der Waals surface area contributed by atoms with Gasteiger partial charge in [-0.2, -0.15) is 0 Å². The third-order valence-corrected chi connectivity index (χ3v) is 5.66. The second-order valence-electron chi connectivity index (χ2n) is 8.37. The Morgan fingerprint density at radius 3 is 2.58 bits per heavy atom. The summed E-state index contributed by atoms with van der Waals surface area (Å²) in [6.45, 7) is 0.823. The Hall–Kier alpha value is -4.42. The zero-order chi connectivity index (χ0) is 27.4. The van der Waals surface area contributed by atoms with Gasteiger partial charge in [0.1, 0.15) is 36.1 Å². The molecule has 0 saturated heterocycles. The lowest BCUT2D eigenvalue weighted by Gasteiger charge is -2.17. The summed E-state index contributed by atoms with van der Waals surface area (Å²) in [6.07, 6.45) is 1.32. The number of hydrogen-bond donors (Lipinski definition) is 2. The number of anilines is 3. The number of nitrogens with zero attached hydrogens (tertiary/aromatic N) is 4. The fourth-order valence-corrected chi connectivity index (χ4v) is 3.62. The quantitative estimate of drug-likeness (QED) is 0.213. The Morgan fingerprint density at radius 1 is 1.11 bits per heavy atom. The van der Waals surface area contributed by atoms with Crippen LogP contribution >= 0.6 is 11.6 Å². The van der Waals surface area contributed by atoms with Crippen molar-refractivity contribution in [3.8, 4) is 5.75 Å². The number of rotatable bonds is 9. The van der Waals surface area contributed by atoms with E-state index >= 15 is 0 Å². The van der Waals surface area contributed by atoms with Gasteiger partial charge in [0.2, 0.25) is 0 Å². The Kier molecular flexibility index (Phi) is 7.93. The minimum Gasteiger partial charge on any atom is -0.490 e. The number of hydrogen-bond acceptors (Lipinski definition) is 8. The molecule has 2 N–H and O–H groups in total. The Labute approximate surface area is 220 Å². The van der Waals surface area contributed by atoms with Crippen LogP contribution in [0, 0.1) is 21.7 Å². The summed E-state index contributed by atoms with van der Waals surface area (Å²) in [6, 6.07) is 9.84. The van der Waals surface area contributed by atoms with Crippen molar-refractivity contribution in [2.75, 3.05) is 37.9 Å². The number of nitro groups is 1. The Balaban J connectivity index is 1.75. The number of halogens is 3. The number of benzene rings is 3. The van der Waals surface area contributed by atoms with E-state index in [1.165, 1.54) is 30.6 Å². The highest BCUT2D eigenvalue weighted by Crippen LogP contribution is 2.34. The molecule has 0 bridgehead atoms. The van der Waals surface area contributed by atoms with Gasteiger partial charge in [0.25, 0.3) is 11.6 Å². The fourth-order valence-electron chi connectivity index (χ4n) is 3.44. The van der Waals surface area contributed by atoms with E-state index in [0.717, 1.165) is 18.2 Å². The molecular formula is C25H21ClF2N6O4. The number of nitrogens with one attached hydrogen (secondary N) is 2. The molecule has 1 aromatic heterocycles. The Morgan fingerprint density at radius 2 is 1.87 bits per heavy atom. The van der Waals surface area contributed by atoms with Gasteiger partial charge in [0.05, 0.1) is 26.7 Å². The average Bonchev–Trinajstić information content (AvgIpc) is 2.86. The van der Waals surface area contributed by atoms with E-state index in [-0.39, 0.29) is 23.1 Å². The molecule has 0 spiro atoms. The van der Waals surface area contributed by atoms with Crippen molar-refractivity contribution in [3.05, 3.63) is 87.2 Å². The van der Waals surface area contributed by atoms with Crippen molar-refractivity contribution in [2.45, 2.75) is 0 Å². The van der Waals surface area contributed by atoms with Gasteiger partial charge in [-0.15, -0.1) is 0 Å². The predicted octanol–water partition coefficient (Wildman–Crippen LogP) is 5.41. The predicted molar refractivity (Wildman–Crippen MR) is 139 cm³/mol. The molecule has 0 radical (unpaired) electrons. The first-order valence-corrected chi connectivity index (χ1v) is 11.5. The molecule has 0 aliphatic rings. The summed E-state index contributed by atoms with van der Waals surface area (Å²) in [5, 5.41) is 17.1. The second-order valence-corrected chi connectivity index (χ2v) is 8.78. The summed E-state index contributed by atoms with van der Waals surface area (Å²) in [4.78, 5) is 33.8. The molecule has 0 saturated carbocycles. The van der Waals surface area contributed by atoms with Crippen LogP contribution in [0.2, 0.25) is 5.02 Å². The van der Waals surface area contributed by atoms with E-state index in [2.05, 4.69) is 20.6 Å². The molecule has 10 nitrogen and oxygen atoms in total. The monoisotopic (exact) mass is 542 g/mol. The van der Waals surface area contributed by atoms with Crippen molar-refractivity contribution in [1.82, 2.24) is 14.9 Å². The van der Waals surface area contributed by atoms with Gasteiger partial charge in [0, 0.05) is 35.8 Å². The van der Waals surface area contributed by atoms with Crippen LogP contribution in [-0.4, -0.2) is 52.9 Å². The van der Waals surface area contributed by atoms with Gasteiger partial charge < -0.3 is 20.3 Å². The van der Waals surface area contributed by atoms with Crippen LogP contribution < -0.4 is 15.4 Å². The molecule has 0 aliphatic heterocycles. The largest absolute Gasteiger partial charge is 0.490 e. The molecule has 0 aliphatic carbocycles. The van der Waals surface area contributed by atoms with E-state index in [1.54, 1.807) is 6.07 Å². The maximum atomic E-state index is 14.4. The van der Waals surface area contributed by atoms with Gasteiger partial charge in [0.15, 0.2) is 0 Å². The van der Waals surface area contributed by atoms with Crippen molar-refractivity contribution in [2.24, 2.45) is 0 Å². The first-order chi connectivity index (χ1) is 18.1. The van der Waals surface area contributed by atoms with Crippen LogP contribution in [0.1, 0.15) is 10.4 Å². The topological polar surface area (TPSA) is 123 Å². The highest BCUT2D eigenvalue weighted by atomic mass is 35.5. The smallest absolute Gasteiger partial charge is 0.270 e. The number of non-ortho nitro benzene ring substituents is 1. The lowest BCUT2D eigenvalue weighted by atomic mass is 10.1. The van der Waals surface area contributed by atoms with Gasteiger partial charge in [-0.25, -0.2) is 18.7 Å². The Bertz CT molecular complexity index is 1540. The molecule has 0 atom stereocenters. The van der Waals surface area contributed by atoms with Gasteiger partial charge >= 0.3 is 0 Å². The molecule has 4 rings (SSSR count). The van der Waals surface area contributed by atoms with Crippen LogP contribution in [0.5, 0.6) is 5.75 Å². The number of ether oxygens (including phenoxy) is 1. The summed E-state index contributed by atoms with van der Waals surface area (Å²) >= 11 is 5.89. The summed E-state index contributed by atoms with van der Waals surface area (Å²) in [5.74, 6) is -1.87. The SMILES string of the molecule is CN(C)CCOc1cc2ncnc(Nc3ccc(F)c(Cl)c3)c2cc1NC(=O)c1cc([N+](=O)[O-])ccc1F. The molecule has 1 heterocycles. The molecule has 0 unspecified atom stereocenters. The van der Waals surface area contributed by atoms with E-state index in [1.807, 2.05) is 19.0 Å². The average molecular weight is 543 g/mol. The van der Waals surface area contributed by atoms with Crippen molar-refractivity contribution in [1.29, 1.82) is 0 Å². The number of likely N-dealkylation sites (N-methyl/N-ethyl adjacent to an activating group) is 1. The molecule has 38 heavy (non-hydrogen) atoms. The number of carbonyl (C=O) groups is 1. The zero-order valence-corrected chi connectivity index (χ0v) is 20.9. The third kappa shape index (κ3) is 6.10. The summed E-state index contributed by atoms with van der Waals surface area (Å²) in [7, 11) is 3.73. The first-order valence-electron chi connectivity index (χ1n) is 11.2. The highest BCUT2D eigenvalue weighted by molar-refractivity contribution is 6.31. The molecular weight excluding hydrogens is 522 g/mol. The number of fused-ring (bicyclic) bond motifs is 1. The van der Waals surface area contributed by atoms with Gasteiger partial charge in [-0.1, -0.05) is 11.6 Å². The number of aromatic nitrogens is 2. The first kappa shape index (κ1) is 26.6. The summed E-state index contributed by atoms with van der Waals surface area (Å²) in [5.41, 5.74) is 0.113. The van der Waals surface area contributed by atoms with Crippen LogP contribution in [0.25, 0.3) is 10.9 Å². The van der Waals surface area contributed by atoms with Crippen molar-refractivity contribution >= 4 is 51.3 Å². The van der Waals surface area contributed by atoms with Crippen LogP contribution in [0.4, 0.5) is 31.7 Å². The van der Waals surface area contributed by atoms with Gasteiger partial charge in [-0.05, 0) is 44.4 Å². The van der Waals surface area contributed by atoms with Crippen molar-refractivity contribution in [3.63, 3.8) is 0 Å². The third-order valence-electron chi connectivity index (χ3n) is 5.37. The normalized spacial score (nSPS) is 11.0. The minimum absolute atomic E-state index is 0.0862. The molecule has 3 aromatic carbocycles. The molecule has 1 amide bonds.